The Morgan fingerprint density at radius 2 is 1.55 bits per heavy atom. The van der Waals surface area contributed by atoms with Gasteiger partial charge < -0.3 is 15.0 Å². The Hall–Kier alpha value is -2.82. The third kappa shape index (κ3) is 6.63. The van der Waals surface area contributed by atoms with Crippen molar-refractivity contribution >= 4 is 11.8 Å². The molecule has 156 valence electrons. The number of benzene rings is 2. The summed E-state index contributed by atoms with van der Waals surface area (Å²) < 4.78 is 5.21. The number of amides is 2. The number of nitrogens with zero attached hydrogens (tertiary/aromatic N) is 1. The van der Waals surface area contributed by atoms with E-state index in [9.17, 15) is 9.59 Å². The third-order valence-electron chi connectivity index (χ3n) is 4.75. The number of methoxy groups -OCH3 is 1. The van der Waals surface area contributed by atoms with E-state index in [4.69, 9.17) is 4.74 Å². The van der Waals surface area contributed by atoms with Crippen molar-refractivity contribution in [1.82, 2.24) is 10.2 Å². The lowest BCUT2D eigenvalue weighted by Crippen LogP contribution is -2.49. The fraction of sp³-hybridized carbons (Fsp3) is 0.417. The highest BCUT2D eigenvalue weighted by Gasteiger charge is 2.26. The molecule has 2 rings (SSSR count). The van der Waals surface area contributed by atoms with Crippen molar-refractivity contribution in [1.29, 1.82) is 0 Å². The second-order valence-corrected chi connectivity index (χ2v) is 7.88. The van der Waals surface area contributed by atoms with E-state index < -0.39 is 6.04 Å². The fourth-order valence-electron chi connectivity index (χ4n) is 3.36. The Morgan fingerprint density at radius 1 is 0.966 bits per heavy atom. The highest BCUT2D eigenvalue weighted by atomic mass is 16.5. The molecule has 0 fully saturated rings. The summed E-state index contributed by atoms with van der Waals surface area (Å²) in [6.45, 7) is 10.0. The molecule has 0 aromatic heterocycles. The zero-order valence-electron chi connectivity index (χ0n) is 18.3. The smallest absolute Gasteiger partial charge is 0.242 e. The van der Waals surface area contributed by atoms with Gasteiger partial charge in [0.25, 0.3) is 0 Å². The first-order valence-electron chi connectivity index (χ1n) is 9.99. The fourth-order valence-corrected chi connectivity index (χ4v) is 3.36. The monoisotopic (exact) mass is 396 g/mol. The van der Waals surface area contributed by atoms with Crippen LogP contribution in [0.5, 0.6) is 5.75 Å². The molecule has 0 saturated carbocycles. The molecule has 5 nitrogen and oxygen atoms in total. The van der Waals surface area contributed by atoms with Crippen molar-refractivity contribution in [3.05, 3.63) is 64.7 Å². The lowest BCUT2D eigenvalue weighted by Gasteiger charge is -2.29. The van der Waals surface area contributed by atoms with Crippen LogP contribution in [0.15, 0.2) is 42.5 Å². The van der Waals surface area contributed by atoms with Crippen molar-refractivity contribution in [2.45, 2.75) is 59.7 Å². The van der Waals surface area contributed by atoms with Crippen LogP contribution < -0.4 is 10.1 Å². The molecular weight excluding hydrogens is 364 g/mol. The summed E-state index contributed by atoms with van der Waals surface area (Å²) >= 11 is 0. The number of carbonyl (C=O) groups is 2. The van der Waals surface area contributed by atoms with Crippen LogP contribution >= 0.6 is 0 Å². The Labute approximate surface area is 174 Å². The number of rotatable bonds is 8. The maximum absolute atomic E-state index is 13.2. The Balaban J connectivity index is 2.26. The van der Waals surface area contributed by atoms with Crippen molar-refractivity contribution in [3.63, 3.8) is 0 Å². The van der Waals surface area contributed by atoms with Crippen LogP contribution in [0.3, 0.4) is 0 Å². The summed E-state index contributed by atoms with van der Waals surface area (Å²) in [4.78, 5) is 27.5. The predicted octanol–water partition coefficient (Wildman–Crippen LogP) is 3.80. The molecule has 2 aromatic carbocycles. The maximum atomic E-state index is 13.2. The maximum Gasteiger partial charge on any atom is 0.242 e. The van der Waals surface area contributed by atoms with Crippen molar-refractivity contribution in [2.75, 3.05) is 7.11 Å². The average Bonchev–Trinajstić information content (AvgIpc) is 2.64. The van der Waals surface area contributed by atoms with Crippen LogP contribution in [0, 0.1) is 13.8 Å². The van der Waals surface area contributed by atoms with Crippen molar-refractivity contribution in [3.8, 4) is 5.75 Å². The molecule has 0 bridgehead atoms. The average molecular weight is 397 g/mol. The van der Waals surface area contributed by atoms with E-state index in [0.717, 1.165) is 28.0 Å². The van der Waals surface area contributed by atoms with E-state index in [1.54, 1.807) is 18.9 Å². The summed E-state index contributed by atoms with van der Waals surface area (Å²) in [6.07, 6.45) is 0.262. The highest BCUT2D eigenvalue weighted by Crippen LogP contribution is 2.17. The molecule has 1 N–H and O–H groups in total. The van der Waals surface area contributed by atoms with Crippen LogP contribution in [0.2, 0.25) is 0 Å². The van der Waals surface area contributed by atoms with E-state index in [-0.39, 0.29) is 24.3 Å². The minimum atomic E-state index is -0.571. The number of ether oxygens (including phenoxy) is 1. The zero-order chi connectivity index (χ0) is 21.6. The topological polar surface area (TPSA) is 58.6 Å². The number of aryl methyl sites for hydroxylation is 2. The van der Waals surface area contributed by atoms with E-state index in [1.807, 2.05) is 64.1 Å². The van der Waals surface area contributed by atoms with Gasteiger partial charge in [-0.2, -0.15) is 0 Å². The second-order valence-electron chi connectivity index (χ2n) is 7.88. The van der Waals surface area contributed by atoms with Gasteiger partial charge in [0.15, 0.2) is 0 Å². The lowest BCUT2D eigenvalue weighted by atomic mass is 10.0. The summed E-state index contributed by atoms with van der Waals surface area (Å²) in [5.41, 5.74) is 4.16. The number of hydrogen-bond donors (Lipinski definition) is 1. The van der Waals surface area contributed by atoms with Crippen molar-refractivity contribution < 1.29 is 14.3 Å². The van der Waals surface area contributed by atoms with Gasteiger partial charge >= 0.3 is 0 Å². The van der Waals surface area contributed by atoms with E-state index in [1.165, 1.54) is 0 Å². The normalized spacial score (nSPS) is 11.8. The van der Waals surface area contributed by atoms with Crippen LogP contribution in [0.1, 0.15) is 43.0 Å². The molecule has 29 heavy (non-hydrogen) atoms. The third-order valence-corrected chi connectivity index (χ3v) is 4.75. The molecule has 2 aromatic rings. The van der Waals surface area contributed by atoms with Gasteiger partial charge in [-0.05, 0) is 57.9 Å². The molecule has 0 saturated heterocycles. The quantitative estimate of drug-likeness (QED) is 0.738. The lowest BCUT2D eigenvalue weighted by molar-refractivity contribution is -0.140. The molecule has 0 heterocycles. The molecule has 0 aliphatic carbocycles. The number of nitrogens with one attached hydrogen (secondary N) is 1. The van der Waals surface area contributed by atoms with Gasteiger partial charge in [-0.1, -0.05) is 41.5 Å². The summed E-state index contributed by atoms with van der Waals surface area (Å²) in [5.74, 6) is 0.534. The van der Waals surface area contributed by atoms with Crippen LogP contribution in [0.4, 0.5) is 0 Å². The van der Waals surface area contributed by atoms with E-state index >= 15 is 0 Å². The van der Waals surface area contributed by atoms with Crippen LogP contribution in [0.25, 0.3) is 0 Å². The van der Waals surface area contributed by atoms with Crippen molar-refractivity contribution in [2.24, 2.45) is 0 Å². The zero-order valence-corrected chi connectivity index (χ0v) is 18.3. The predicted molar refractivity (Wildman–Crippen MR) is 116 cm³/mol. The SMILES string of the molecule is COc1ccc(CN(C(=O)Cc2cc(C)cc(C)c2)C(C)C(=O)NC(C)C)cc1. The molecular formula is C24H32N2O3. The first kappa shape index (κ1) is 22.5. The first-order chi connectivity index (χ1) is 13.7. The molecule has 0 spiro atoms. The Bertz CT molecular complexity index is 823. The molecule has 0 radical (unpaired) electrons. The van der Waals surface area contributed by atoms with Gasteiger partial charge in [-0.25, -0.2) is 0 Å². The van der Waals surface area contributed by atoms with Gasteiger partial charge in [-0.15, -0.1) is 0 Å². The number of carbonyl (C=O) groups excluding carboxylic acids is 2. The Kier molecular flexibility index (Phi) is 7.82. The van der Waals surface area contributed by atoms with Gasteiger partial charge in [0, 0.05) is 12.6 Å². The summed E-state index contributed by atoms with van der Waals surface area (Å²) in [6, 6.07) is 13.1. The molecule has 1 unspecified atom stereocenters. The number of hydrogen-bond acceptors (Lipinski definition) is 3. The van der Waals surface area contributed by atoms with Gasteiger partial charge in [0.1, 0.15) is 11.8 Å². The van der Waals surface area contributed by atoms with E-state index in [0.29, 0.717) is 6.54 Å². The first-order valence-corrected chi connectivity index (χ1v) is 9.99. The second kappa shape index (κ2) is 10.1. The molecule has 2 amide bonds. The van der Waals surface area contributed by atoms with Crippen LogP contribution in [-0.4, -0.2) is 35.9 Å². The molecule has 1 atom stereocenters. The summed E-state index contributed by atoms with van der Waals surface area (Å²) in [7, 11) is 1.62. The standard InChI is InChI=1S/C24H32N2O3/c1-16(2)25-24(28)19(5)26(15-20-7-9-22(29-6)10-8-20)23(27)14-21-12-17(3)11-18(4)13-21/h7-13,16,19H,14-15H2,1-6H3,(H,25,28). The minimum Gasteiger partial charge on any atom is -0.497 e. The minimum absolute atomic E-state index is 0.0160. The van der Waals surface area contributed by atoms with Gasteiger partial charge in [0.05, 0.1) is 13.5 Å². The van der Waals surface area contributed by atoms with Gasteiger partial charge in [-0.3, -0.25) is 9.59 Å². The van der Waals surface area contributed by atoms with Crippen LogP contribution in [-0.2, 0) is 22.6 Å². The summed E-state index contributed by atoms with van der Waals surface area (Å²) in [5, 5.41) is 2.91. The molecule has 0 aliphatic heterocycles. The Morgan fingerprint density at radius 3 is 2.07 bits per heavy atom. The largest absolute Gasteiger partial charge is 0.497 e. The van der Waals surface area contributed by atoms with E-state index in [2.05, 4.69) is 11.4 Å². The molecule has 5 heteroatoms. The highest BCUT2D eigenvalue weighted by molar-refractivity contribution is 5.88. The molecule has 0 aliphatic rings. The van der Waals surface area contributed by atoms with Gasteiger partial charge in [0.2, 0.25) is 11.8 Å².